The number of benzene rings is 2. The fourth-order valence-corrected chi connectivity index (χ4v) is 7.64. The molecule has 2 atom stereocenters. The largest absolute Gasteiger partial charge is 0.274 e. The van der Waals surface area contributed by atoms with Crippen LogP contribution in [0.5, 0.6) is 0 Å². The Kier molecular flexibility index (Phi) is 6.19. The van der Waals surface area contributed by atoms with E-state index >= 15 is 0 Å². The highest BCUT2D eigenvalue weighted by Gasteiger charge is 2.33. The third-order valence-corrected chi connectivity index (χ3v) is 10.2. The Hall–Kier alpha value is -3.82. The summed E-state index contributed by atoms with van der Waals surface area (Å²) >= 11 is 0. The van der Waals surface area contributed by atoms with Crippen LogP contribution in [0.2, 0.25) is 0 Å². The minimum atomic E-state index is -4.34. The summed E-state index contributed by atoms with van der Waals surface area (Å²) in [4.78, 5) is 3.70. The number of sulfonamides is 1. The van der Waals surface area contributed by atoms with Gasteiger partial charge in [-0.15, -0.1) is 10.2 Å². The molecule has 40 heavy (non-hydrogen) atoms. The highest BCUT2D eigenvalue weighted by molar-refractivity contribution is 7.90. The molecule has 0 radical (unpaired) electrons. The van der Waals surface area contributed by atoms with Crippen LogP contribution >= 0.6 is 0 Å². The smallest absolute Gasteiger partial charge is 0.269 e. The van der Waals surface area contributed by atoms with E-state index in [1.54, 1.807) is 22.6 Å². The maximum atomic E-state index is 13.6. The molecule has 1 saturated carbocycles. The lowest BCUT2D eigenvalue weighted by Crippen LogP contribution is -2.33. The van der Waals surface area contributed by atoms with Gasteiger partial charge in [0, 0.05) is 18.2 Å². The van der Waals surface area contributed by atoms with Gasteiger partial charge in [-0.05, 0) is 56.5 Å². The summed E-state index contributed by atoms with van der Waals surface area (Å²) in [7, 11) is -8.28. The summed E-state index contributed by atoms with van der Waals surface area (Å²) in [6, 6.07) is 8.31. The zero-order valence-electron chi connectivity index (χ0n) is 20.8. The van der Waals surface area contributed by atoms with Crippen LogP contribution in [0.15, 0.2) is 64.6 Å². The Morgan fingerprint density at radius 1 is 0.925 bits per heavy atom. The van der Waals surface area contributed by atoms with Crippen LogP contribution in [0, 0.1) is 24.4 Å². The van der Waals surface area contributed by atoms with Crippen molar-refractivity contribution in [2.75, 3.05) is 0 Å². The quantitative estimate of drug-likeness (QED) is 0.299. The lowest BCUT2D eigenvalue weighted by molar-refractivity contribution is 0.442. The Labute approximate surface area is 226 Å². The summed E-state index contributed by atoms with van der Waals surface area (Å²) in [6.45, 7) is 1.86. The lowest BCUT2D eigenvalue weighted by Gasteiger charge is -2.14. The van der Waals surface area contributed by atoms with Crippen LogP contribution in [-0.4, -0.2) is 46.4 Å². The van der Waals surface area contributed by atoms with Gasteiger partial charge in [0.05, 0.1) is 21.5 Å². The predicted molar refractivity (Wildman–Crippen MR) is 137 cm³/mol. The van der Waals surface area contributed by atoms with Gasteiger partial charge in [0.2, 0.25) is 10.0 Å². The van der Waals surface area contributed by atoms with Gasteiger partial charge < -0.3 is 0 Å². The molecule has 0 saturated heterocycles. The molecule has 0 bridgehead atoms. The molecule has 2 aromatic carbocycles. The van der Waals surface area contributed by atoms with E-state index in [0.29, 0.717) is 48.4 Å². The predicted octanol–water partition coefficient (Wildman–Crippen LogP) is 3.66. The molecule has 0 amide bonds. The molecule has 1 aliphatic rings. The monoisotopic (exact) mass is 590 g/mol. The number of nitrogens with one attached hydrogen (secondary N) is 1. The molecule has 3 heterocycles. The molecule has 0 unspecified atom stereocenters. The van der Waals surface area contributed by atoms with Crippen molar-refractivity contribution < 1.29 is 30.0 Å². The van der Waals surface area contributed by atoms with Crippen LogP contribution in [0.3, 0.4) is 0 Å². The van der Waals surface area contributed by atoms with Gasteiger partial charge in [-0.25, -0.2) is 43.7 Å². The second kappa shape index (κ2) is 9.38. The van der Waals surface area contributed by atoms with E-state index in [1.165, 1.54) is 24.5 Å². The first-order valence-corrected chi connectivity index (χ1v) is 15.1. The van der Waals surface area contributed by atoms with E-state index in [2.05, 4.69) is 19.9 Å². The average Bonchev–Trinajstić information content (AvgIpc) is 3.64. The van der Waals surface area contributed by atoms with Crippen molar-refractivity contribution in [3.05, 3.63) is 83.7 Å². The SMILES string of the molecule is Cc1ccc(S(=O)(=O)n2ccc3c2ncc2nnc([C@@H]4CC[C@H](NS(=O)(=O)c5cc(F)c(F)c(F)c5)C4)n23)cc1. The molecule has 208 valence electrons. The van der Waals surface area contributed by atoms with E-state index in [1.807, 2.05) is 6.92 Å². The summed E-state index contributed by atoms with van der Waals surface area (Å²) in [5, 5.41) is 8.45. The van der Waals surface area contributed by atoms with Crippen LogP contribution in [0.4, 0.5) is 13.2 Å². The van der Waals surface area contributed by atoms with Crippen molar-refractivity contribution in [1.29, 1.82) is 0 Å². The molecule has 0 aliphatic heterocycles. The first-order valence-electron chi connectivity index (χ1n) is 12.2. The maximum Gasteiger partial charge on any atom is 0.269 e. The minimum absolute atomic E-state index is 0.105. The van der Waals surface area contributed by atoms with Crippen molar-refractivity contribution >= 4 is 36.9 Å². The molecular weight excluding hydrogens is 569 g/mol. The highest BCUT2D eigenvalue weighted by atomic mass is 32.2. The fraction of sp³-hybridized carbons (Fsp3) is 0.240. The standard InChI is InChI=1S/C25H21F3N6O4S2/c1-14-2-6-17(7-3-14)40(37,38)33-9-8-21-25(33)29-13-22-30-31-24(34(21)22)15-4-5-16(10-15)32-39(35,36)18-11-19(26)23(28)20(27)12-18/h2-3,6-9,11-13,15-16,32H,4-5,10H2,1H3/t15-,16+/m1/s1. The number of fused-ring (bicyclic) bond motifs is 3. The average molecular weight is 591 g/mol. The Balaban J connectivity index is 1.31. The Bertz CT molecular complexity index is 1980. The summed E-state index contributed by atoms with van der Waals surface area (Å²) in [5.41, 5.74) is 1.92. The summed E-state index contributed by atoms with van der Waals surface area (Å²) < 4.78 is 97.9. The number of aromatic nitrogens is 5. The molecule has 15 heteroatoms. The number of halogens is 3. The molecule has 1 aliphatic carbocycles. The maximum absolute atomic E-state index is 13.6. The fourth-order valence-electron chi connectivity index (χ4n) is 5.03. The highest BCUT2D eigenvalue weighted by Crippen LogP contribution is 2.36. The zero-order valence-corrected chi connectivity index (χ0v) is 22.4. The van der Waals surface area contributed by atoms with E-state index < -0.39 is 48.4 Å². The molecule has 1 N–H and O–H groups in total. The van der Waals surface area contributed by atoms with Gasteiger partial charge in [0.15, 0.2) is 28.7 Å². The second-order valence-corrected chi connectivity index (χ2v) is 13.2. The Morgan fingerprint density at radius 3 is 2.33 bits per heavy atom. The first-order chi connectivity index (χ1) is 19.0. The zero-order chi connectivity index (χ0) is 28.4. The number of hydrogen-bond donors (Lipinski definition) is 1. The van der Waals surface area contributed by atoms with Crippen LogP contribution in [0.25, 0.3) is 16.8 Å². The van der Waals surface area contributed by atoms with Crippen molar-refractivity contribution in [2.24, 2.45) is 0 Å². The molecule has 0 spiro atoms. The normalized spacial score (nSPS) is 18.2. The third kappa shape index (κ3) is 4.33. The first kappa shape index (κ1) is 26.4. The minimum Gasteiger partial charge on any atom is -0.274 e. The van der Waals surface area contributed by atoms with Gasteiger partial charge in [0.25, 0.3) is 10.0 Å². The lowest BCUT2D eigenvalue weighted by atomic mass is 10.1. The number of aryl methyl sites for hydroxylation is 1. The van der Waals surface area contributed by atoms with Gasteiger partial charge in [0.1, 0.15) is 5.82 Å². The number of hydrogen-bond acceptors (Lipinski definition) is 7. The van der Waals surface area contributed by atoms with Crippen molar-refractivity contribution in [3.63, 3.8) is 0 Å². The van der Waals surface area contributed by atoms with E-state index in [-0.39, 0.29) is 16.5 Å². The summed E-state index contributed by atoms with van der Waals surface area (Å²) in [5.74, 6) is -4.73. The molecular formula is C25H21F3N6O4S2. The van der Waals surface area contributed by atoms with Crippen molar-refractivity contribution in [3.8, 4) is 0 Å². The molecule has 1 fully saturated rings. The van der Waals surface area contributed by atoms with Gasteiger partial charge in [-0.2, -0.15) is 0 Å². The van der Waals surface area contributed by atoms with Crippen LogP contribution in [0.1, 0.15) is 36.6 Å². The Morgan fingerprint density at radius 2 is 1.62 bits per heavy atom. The van der Waals surface area contributed by atoms with E-state index in [4.69, 9.17) is 0 Å². The van der Waals surface area contributed by atoms with Gasteiger partial charge in [-0.3, -0.25) is 4.40 Å². The molecule has 5 aromatic rings. The van der Waals surface area contributed by atoms with Gasteiger partial charge >= 0.3 is 0 Å². The number of rotatable bonds is 6. The number of nitrogens with zero attached hydrogens (tertiary/aromatic N) is 5. The third-order valence-electron chi connectivity index (χ3n) is 7.03. The van der Waals surface area contributed by atoms with Crippen molar-refractivity contribution in [2.45, 2.75) is 47.9 Å². The summed E-state index contributed by atoms with van der Waals surface area (Å²) in [6.07, 6.45) is 4.00. The van der Waals surface area contributed by atoms with Crippen LogP contribution in [-0.2, 0) is 20.0 Å². The molecule has 3 aromatic heterocycles. The molecule has 6 rings (SSSR count). The second-order valence-electron chi connectivity index (χ2n) is 9.68. The van der Waals surface area contributed by atoms with Crippen molar-refractivity contribution in [1.82, 2.24) is 28.3 Å². The van der Waals surface area contributed by atoms with Gasteiger partial charge in [-0.1, -0.05) is 17.7 Å². The van der Waals surface area contributed by atoms with Crippen LogP contribution < -0.4 is 4.72 Å². The molecule has 10 nitrogen and oxygen atoms in total. The van der Waals surface area contributed by atoms with E-state index in [0.717, 1.165) is 9.54 Å². The topological polar surface area (TPSA) is 128 Å². The van der Waals surface area contributed by atoms with E-state index in [9.17, 15) is 30.0 Å².